The minimum atomic E-state index is 0.559. The third kappa shape index (κ3) is 2.91. The van der Waals surface area contributed by atoms with Crippen molar-refractivity contribution in [1.29, 1.82) is 0 Å². The maximum absolute atomic E-state index is 5.91. The summed E-state index contributed by atoms with van der Waals surface area (Å²) in [6.07, 6.45) is 0.666. The molecule has 0 fully saturated rings. The summed E-state index contributed by atoms with van der Waals surface area (Å²) in [5, 5.41) is 1.12. The molecule has 0 saturated heterocycles. The quantitative estimate of drug-likeness (QED) is 0.827. The molecule has 78 valence electrons. The van der Waals surface area contributed by atoms with E-state index in [4.69, 9.17) is 23.2 Å². The molecule has 1 aromatic heterocycles. The van der Waals surface area contributed by atoms with E-state index in [-0.39, 0.29) is 0 Å². The first-order valence-corrected chi connectivity index (χ1v) is 6.39. The Morgan fingerprint density at radius 1 is 1.27 bits per heavy atom. The van der Waals surface area contributed by atoms with Crippen LogP contribution in [0.15, 0.2) is 22.1 Å². The average Bonchev–Trinajstić information content (AvgIpc) is 2.58. The van der Waals surface area contributed by atoms with E-state index >= 15 is 0 Å². The Kier molecular flexibility index (Phi) is 3.61. The molecule has 0 aliphatic heterocycles. The van der Waals surface area contributed by atoms with Crippen LogP contribution in [0.25, 0.3) is 0 Å². The number of benzene rings is 1. The van der Waals surface area contributed by atoms with Crippen LogP contribution in [0.2, 0.25) is 10.0 Å². The largest absolute Gasteiger partial charge is 0.212 e. The number of rotatable bonds is 2. The second-order valence-electron chi connectivity index (χ2n) is 2.89. The lowest BCUT2D eigenvalue weighted by Crippen LogP contribution is -1.90. The van der Waals surface area contributed by atoms with Crippen molar-refractivity contribution in [3.63, 3.8) is 0 Å². The molecule has 0 radical (unpaired) electrons. The summed E-state index contributed by atoms with van der Waals surface area (Å²) in [6, 6.07) is 5.53. The molecule has 15 heavy (non-hydrogen) atoms. The molecule has 0 amide bonds. The number of hydrogen-bond acceptors (Lipinski definition) is 3. The van der Waals surface area contributed by atoms with Gasteiger partial charge in [-0.25, -0.2) is 4.98 Å². The van der Waals surface area contributed by atoms with Crippen LogP contribution in [0.5, 0.6) is 0 Å². The van der Waals surface area contributed by atoms with E-state index in [1.165, 1.54) is 11.5 Å². The Hall–Kier alpha value is -0.160. The lowest BCUT2D eigenvalue weighted by atomic mass is 10.1. The van der Waals surface area contributed by atoms with E-state index < -0.39 is 0 Å². The average molecular weight is 324 g/mol. The van der Waals surface area contributed by atoms with Gasteiger partial charge in [0.15, 0.2) is 3.92 Å². The van der Waals surface area contributed by atoms with Gasteiger partial charge in [0.05, 0.1) is 10.0 Å². The van der Waals surface area contributed by atoms with E-state index in [0.717, 1.165) is 15.3 Å². The van der Waals surface area contributed by atoms with Crippen LogP contribution in [0.1, 0.15) is 11.4 Å². The maximum Gasteiger partial charge on any atom is 0.179 e. The topological polar surface area (TPSA) is 25.8 Å². The summed E-state index contributed by atoms with van der Waals surface area (Å²) in [5.74, 6) is 0.783. The van der Waals surface area contributed by atoms with E-state index in [0.29, 0.717) is 16.5 Å². The van der Waals surface area contributed by atoms with Gasteiger partial charge in [-0.1, -0.05) is 29.3 Å². The van der Waals surface area contributed by atoms with E-state index in [2.05, 4.69) is 25.3 Å². The van der Waals surface area contributed by atoms with Gasteiger partial charge in [-0.3, -0.25) is 0 Å². The molecule has 0 unspecified atom stereocenters. The second kappa shape index (κ2) is 4.78. The Balaban J connectivity index is 2.21. The third-order valence-electron chi connectivity index (χ3n) is 1.79. The van der Waals surface area contributed by atoms with Gasteiger partial charge in [0.1, 0.15) is 5.82 Å². The van der Waals surface area contributed by atoms with Gasteiger partial charge < -0.3 is 0 Å². The fourth-order valence-electron chi connectivity index (χ4n) is 1.14. The molecule has 1 aromatic carbocycles. The highest BCUT2D eigenvalue weighted by atomic mass is 79.9. The number of aromatic nitrogens is 2. The van der Waals surface area contributed by atoms with Gasteiger partial charge in [-0.15, -0.1) is 0 Å². The van der Waals surface area contributed by atoms with Crippen LogP contribution in [0.4, 0.5) is 0 Å². The Morgan fingerprint density at radius 2 is 2.07 bits per heavy atom. The van der Waals surface area contributed by atoms with E-state index in [1.807, 2.05) is 12.1 Å². The molecule has 0 aliphatic rings. The molecular weight excluding hydrogens is 319 g/mol. The second-order valence-corrected chi connectivity index (χ2v) is 5.73. The van der Waals surface area contributed by atoms with Crippen LogP contribution >= 0.6 is 50.7 Å². The van der Waals surface area contributed by atoms with Crippen LogP contribution in [0.3, 0.4) is 0 Å². The molecule has 2 aromatic rings. The highest BCUT2D eigenvalue weighted by Crippen LogP contribution is 2.24. The van der Waals surface area contributed by atoms with Crippen molar-refractivity contribution in [1.82, 2.24) is 9.36 Å². The Labute approximate surface area is 110 Å². The molecule has 0 spiro atoms. The SMILES string of the molecule is Clc1ccc(Cc2nsc(Br)n2)cc1Cl. The smallest absolute Gasteiger partial charge is 0.179 e. The van der Waals surface area contributed by atoms with Crippen LogP contribution < -0.4 is 0 Å². The summed E-state index contributed by atoms with van der Waals surface area (Å²) < 4.78 is 4.96. The highest BCUT2D eigenvalue weighted by Gasteiger charge is 2.05. The molecule has 1 heterocycles. The molecule has 0 saturated carbocycles. The minimum Gasteiger partial charge on any atom is -0.212 e. The van der Waals surface area contributed by atoms with Crippen LogP contribution in [0, 0.1) is 0 Å². The van der Waals surface area contributed by atoms with Gasteiger partial charge in [0.2, 0.25) is 0 Å². The zero-order valence-corrected chi connectivity index (χ0v) is 11.3. The van der Waals surface area contributed by atoms with Crippen molar-refractivity contribution >= 4 is 50.7 Å². The number of hydrogen-bond donors (Lipinski definition) is 0. The van der Waals surface area contributed by atoms with Gasteiger partial charge in [0, 0.05) is 6.42 Å². The summed E-state index contributed by atoms with van der Waals surface area (Å²) >= 11 is 16.3. The minimum absolute atomic E-state index is 0.559. The summed E-state index contributed by atoms with van der Waals surface area (Å²) in [4.78, 5) is 4.21. The molecular formula is C9H5BrCl2N2S. The summed E-state index contributed by atoms with van der Waals surface area (Å²) in [7, 11) is 0. The molecule has 0 atom stereocenters. The van der Waals surface area contributed by atoms with Crippen molar-refractivity contribution in [2.75, 3.05) is 0 Å². The zero-order valence-electron chi connectivity index (χ0n) is 7.38. The summed E-state index contributed by atoms with van der Waals surface area (Å²) in [6.45, 7) is 0. The van der Waals surface area contributed by atoms with Gasteiger partial charge in [0.25, 0.3) is 0 Å². The third-order valence-corrected chi connectivity index (χ3v) is 3.68. The van der Waals surface area contributed by atoms with Gasteiger partial charge in [-0.05, 0) is 45.2 Å². The first kappa shape index (κ1) is 11.3. The van der Waals surface area contributed by atoms with Crippen molar-refractivity contribution in [2.45, 2.75) is 6.42 Å². The lowest BCUT2D eigenvalue weighted by molar-refractivity contribution is 1.03. The monoisotopic (exact) mass is 322 g/mol. The predicted octanol–water partition coefficient (Wildman–Crippen LogP) is 4.20. The first-order chi connectivity index (χ1) is 7.15. The molecule has 0 aliphatic carbocycles. The lowest BCUT2D eigenvalue weighted by Gasteiger charge is -1.99. The molecule has 2 nitrogen and oxygen atoms in total. The van der Waals surface area contributed by atoms with E-state index in [9.17, 15) is 0 Å². The van der Waals surface area contributed by atoms with Crippen LogP contribution in [-0.4, -0.2) is 9.36 Å². The van der Waals surface area contributed by atoms with Crippen molar-refractivity contribution in [3.8, 4) is 0 Å². The van der Waals surface area contributed by atoms with Gasteiger partial charge >= 0.3 is 0 Å². The zero-order chi connectivity index (χ0) is 10.8. The first-order valence-electron chi connectivity index (χ1n) is 4.07. The normalized spacial score (nSPS) is 10.6. The Morgan fingerprint density at radius 3 is 2.67 bits per heavy atom. The number of nitrogens with zero attached hydrogens (tertiary/aromatic N) is 2. The highest BCUT2D eigenvalue weighted by molar-refractivity contribution is 9.11. The van der Waals surface area contributed by atoms with Crippen molar-refractivity contribution < 1.29 is 0 Å². The molecule has 0 N–H and O–H groups in total. The Bertz CT molecular complexity index is 487. The standard InChI is InChI=1S/C9H5BrCl2N2S/c10-9-13-8(14-15-9)4-5-1-2-6(11)7(12)3-5/h1-3H,4H2. The molecule has 0 bridgehead atoms. The number of halogens is 3. The maximum atomic E-state index is 5.91. The summed E-state index contributed by atoms with van der Waals surface area (Å²) in [5.41, 5.74) is 1.05. The fourth-order valence-corrected chi connectivity index (χ4v) is 2.31. The fraction of sp³-hybridized carbons (Fsp3) is 0.111. The van der Waals surface area contributed by atoms with Crippen molar-refractivity contribution in [3.05, 3.63) is 43.5 Å². The molecule has 6 heteroatoms. The van der Waals surface area contributed by atoms with Gasteiger partial charge in [-0.2, -0.15) is 4.37 Å². The molecule has 2 rings (SSSR count). The van der Waals surface area contributed by atoms with E-state index in [1.54, 1.807) is 6.07 Å². The van der Waals surface area contributed by atoms with Crippen molar-refractivity contribution in [2.24, 2.45) is 0 Å². The predicted molar refractivity (Wildman–Crippen MR) is 66.9 cm³/mol. The van der Waals surface area contributed by atoms with Crippen LogP contribution in [-0.2, 0) is 6.42 Å².